The molecule has 32 heavy (non-hydrogen) atoms. The Bertz CT molecular complexity index is 1030. The van der Waals surface area contributed by atoms with E-state index in [0.717, 1.165) is 54.7 Å². The zero-order valence-electron chi connectivity index (χ0n) is 18.4. The number of methoxy groups -OCH3 is 1. The molecule has 0 aliphatic heterocycles. The van der Waals surface area contributed by atoms with E-state index in [2.05, 4.69) is 10.6 Å². The van der Waals surface area contributed by atoms with Crippen LogP contribution in [0.15, 0.2) is 29.2 Å². The standard InChI is InChI=1S/C24H28N2O4S2/c1-3-18(31-16-8-6-7-15(13-16)25-21(27)14-11-12-14)22(28)26-23-20(24(29)30-2)17-9-4-5-10-19(17)32-23/h6-8,13-14,18H,3-5,9-12H2,1-2H3,(H,25,27)(H,26,28). The Kier molecular flexibility index (Phi) is 7.20. The summed E-state index contributed by atoms with van der Waals surface area (Å²) in [5.74, 6) is -0.316. The quantitative estimate of drug-likeness (QED) is 0.404. The van der Waals surface area contributed by atoms with E-state index in [4.69, 9.17) is 4.74 Å². The average molecular weight is 473 g/mol. The maximum Gasteiger partial charge on any atom is 0.341 e. The molecule has 1 saturated carbocycles. The molecule has 2 N–H and O–H groups in total. The van der Waals surface area contributed by atoms with Gasteiger partial charge in [-0.1, -0.05) is 13.0 Å². The number of anilines is 2. The van der Waals surface area contributed by atoms with E-state index >= 15 is 0 Å². The van der Waals surface area contributed by atoms with Gasteiger partial charge in [-0.2, -0.15) is 0 Å². The fourth-order valence-electron chi connectivity index (χ4n) is 3.89. The van der Waals surface area contributed by atoms with Crippen molar-refractivity contribution >= 4 is 51.6 Å². The topological polar surface area (TPSA) is 84.5 Å². The van der Waals surface area contributed by atoms with Crippen molar-refractivity contribution in [2.24, 2.45) is 5.92 Å². The van der Waals surface area contributed by atoms with Crippen LogP contribution in [0.4, 0.5) is 10.7 Å². The van der Waals surface area contributed by atoms with Crippen LogP contribution < -0.4 is 10.6 Å². The van der Waals surface area contributed by atoms with Gasteiger partial charge in [0.1, 0.15) is 5.00 Å². The molecular formula is C24H28N2O4S2. The van der Waals surface area contributed by atoms with Crippen LogP contribution in [-0.4, -0.2) is 30.1 Å². The third-order valence-corrected chi connectivity index (χ3v) is 8.35. The van der Waals surface area contributed by atoms with E-state index in [0.29, 0.717) is 17.0 Å². The van der Waals surface area contributed by atoms with E-state index in [-0.39, 0.29) is 29.0 Å². The van der Waals surface area contributed by atoms with Gasteiger partial charge < -0.3 is 15.4 Å². The Hall–Kier alpha value is -2.32. The van der Waals surface area contributed by atoms with E-state index in [1.165, 1.54) is 35.1 Å². The smallest absolute Gasteiger partial charge is 0.341 e. The van der Waals surface area contributed by atoms with Gasteiger partial charge in [-0.25, -0.2) is 4.79 Å². The first kappa shape index (κ1) is 22.9. The number of esters is 1. The maximum absolute atomic E-state index is 13.1. The van der Waals surface area contributed by atoms with Crippen LogP contribution in [0.2, 0.25) is 0 Å². The number of fused-ring (bicyclic) bond motifs is 1. The van der Waals surface area contributed by atoms with E-state index in [1.54, 1.807) is 0 Å². The zero-order valence-corrected chi connectivity index (χ0v) is 20.0. The average Bonchev–Trinajstić information content (AvgIpc) is 3.59. The molecule has 2 amide bonds. The summed E-state index contributed by atoms with van der Waals surface area (Å²) in [5, 5.41) is 6.24. The van der Waals surface area contributed by atoms with Crippen LogP contribution in [0.1, 0.15) is 59.8 Å². The second kappa shape index (κ2) is 10.1. The van der Waals surface area contributed by atoms with Crippen LogP contribution in [0.5, 0.6) is 0 Å². The molecule has 1 aromatic carbocycles. The van der Waals surface area contributed by atoms with Crippen LogP contribution in [0, 0.1) is 5.92 Å². The predicted molar refractivity (Wildman–Crippen MR) is 129 cm³/mol. The fraction of sp³-hybridized carbons (Fsp3) is 0.458. The summed E-state index contributed by atoms with van der Waals surface area (Å²) < 4.78 is 5.01. The van der Waals surface area contributed by atoms with Crippen LogP contribution in [0.3, 0.4) is 0 Å². The monoisotopic (exact) mass is 472 g/mol. The Morgan fingerprint density at radius 3 is 2.69 bits per heavy atom. The Morgan fingerprint density at radius 2 is 1.97 bits per heavy atom. The number of rotatable bonds is 8. The summed E-state index contributed by atoms with van der Waals surface area (Å²) in [6.45, 7) is 1.97. The molecule has 0 bridgehead atoms. The molecule has 1 heterocycles. The lowest BCUT2D eigenvalue weighted by Gasteiger charge is -2.16. The van der Waals surface area contributed by atoms with E-state index in [9.17, 15) is 14.4 Å². The molecule has 2 aliphatic rings. The Balaban J connectivity index is 1.47. The molecule has 1 fully saturated rings. The minimum Gasteiger partial charge on any atom is -0.465 e. The minimum atomic E-state index is -0.389. The summed E-state index contributed by atoms with van der Waals surface area (Å²) in [6, 6.07) is 7.60. The first-order valence-corrected chi connectivity index (χ1v) is 12.8. The second-order valence-corrected chi connectivity index (χ2v) is 10.6. The molecule has 0 saturated heterocycles. The number of hydrogen-bond donors (Lipinski definition) is 2. The van der Waals surface area contributed by atoms with Gasteiger partial charge in [0.15, 0.2) is 0 Å². The Labute approximate surface area is 196 Å². The molecule has 1 aromatic heterocycles. The fourth-order valence-corrected chi connectivity index (χ4v) is 6.18. The molecule has 2 aliphatic carbocycles. The number of carbonyl (C=O) groups is 3. The molecule has 0 spiro atoms. The number of ether oxygens (including phenoxy) is 1. The molecule has 6 nitrogen and oxygen atoms in total. The summed E-state index contributed by atoms with van der Waals surface area (Å²) in [7, 11) is 1.38. The normalized spacial score (nSPS) is 16.1. The molecule has 0 radical (unpaired) electrons. The van der Waals surface area contributed by atoms with E-state index in [1.807, 2.05) is 31.2 Å². The highest BCUT2D eigenvalue weighted by molar-refractivity contribution is 8.00. The van der Waals surface area contributed by atoms with Crippen molar-refractivity contribution in [3.63, 3.8) is 0 Å². The second-order valence-electron chi connectivity index (χ2n) is 8.20. The molecule has 8 heteroatoms. The van der Waals surface area contributed by atoms with Crippen molar-refractivity contribution in [2.45, 2.75) is 62.0 Å². The number of aryl methyl sites for hydroxylation is 1. The third kappa shape index (κ3) is 5.18. The number of nitrogens with one attached hydrogen (secondary N) is 2. The molecule has 1 unspecified atom stereocenters. The van der Waals surface area contributed by atoms with Crippen LogP contribution in [-0.2, 0) is 27.2 Å². The summed E-state index contributed by atoms with van der Waals surface area (Å²) >= 11 is 2.96. The van der Waals surface area contributed by atoms with Crippen LogP contribution in [0.25, 0.3) is 0 Å². The lowest BCUT2D eigenvalue weighted by atomic mass is 9.95. The number of amides is 2. The molecule has 170 valence electrons. The van der Waals surface area contributed by atoms with Crippen molar-refractivity contribution in [1.82, 2.24) is 0 Å². The van der Waals surface area contributed by atoms with Gasteiger partial charge in [0.2, 0.25) is 11.8 Å². The number of thioether (sulfide) groups is 1. The number of carbonyl (C=O) groups excluding carboxylic acids is 3. The summed E-state index contributed by atoms with van der Waals surface area (Å²) in [5.41, 5.74) is 2.30. The Morgan fingerprint density at radius 1 is 1.19 bits per heavy atom. The largest absolute Gasteiger partial charge is 0.465 e. The van der Waals surface area contributed by atoms with Crippen molar-refractivity contribution in [2.75, 3.05) is 17.7 Å². The van der Waals surface area contributed by atoms with Gasteiger partial charge in [0, 0.05) is 21.4 Å². The SMILES string of the molecule is CCC(Sc1cccc(NC(=O)C2CC2)c1)C(=O)Nc1sc2c(c1C(=O)OC)CCCC2. The maximum atomic E-state index is 13.1. The molecule has 2 aromatic rings. The third-order valence-electron chi connectivity index (χ3n) is 5.79. The van der Waals surface area contributed by atoms with Crippen molar-refractivity contribution < 1.29 is 19.1 Å². The molecular weight excluding hydrogens is 444 g/mol. The van der Waals surface area contributed by atoms with Gasteiger partial charge in [0.05, 0.1) is 17.9 Å². The van der Waals surface area contributed by atoms with Gasteiger partial charge in [-0.3, -0.25) is 9.59 Å². The van der Waals surface area contributed by atoms with Crippen molar-refractivity contribution in [3.05, 3.63) is 40.3 Å². The lowest BCUT2D eigenvalue weighted by molar-refractivity contribution is -0.117. The van der Waals surface area contributed by atoms with Gasteiger partial charge in [0.25, 0.3) is 0 Å². The number of thiophene rings is 1. The first-order chi connectivity index (χ1) is 15.5. The highest BCUT2D eigenvalue weighted by atomic mass is 32.2. The zero-order chi connectivity index (χ0) is 22.7. The number of hydrogen-bond acceptors (Lipinski definition) is 6. The highest BCUT2D eigenvalue weighted by Crippen LogP contribution is 2.39. The highest BCUT2D eigenvalue weighted by Gasteiger charge is 2.30. The van der Waals surface area contributed by atoms with Gasteiger partial charge in [-0.15, -0.1) is 23.1 Å². The lowest BCUT2D eigenvalue weighted by Crippen LogP contribution is -2.25. The van der Waals surface area contributed by atoms with Gasteiger partial charge >= 0.3 is 5.97 Å². The van der Waals surface area contributed by atoms with Gasteiger partial charge in [-0.05, 0) is 68.7 Å². The predicted octanol–water partition coefficient (Wildman–Crippen LogP) is 5.27. The molecule has 1 atom stereocenters. The minimum absolute atomic E-state index is 0.0638. The summed E-state index contributed by atoms with van der Waals surface area (Å²) in [6.07, 6.45) is 6.47. The molecule has 4 rings (SSSR count). The van der Waals surface area contributed by atoms with Crippen molar-refractivity contribution in [3.8, 4) is 0 Å². The first-order valence-electron chi connectivity index (χ1n) is 11.1. The van der Waals surface area contributed by atoms with Crippen LogP contribution >= 0.6 is 23.1 Å². The van der Waals surface area contributed by atoms with E-state index < -0.39 is 0 Å². The number of benzene rings is 1. The summed E-state index contributed by atoms with van der Waals surface area (Å²) in [4.78, 5) is 39.7. The van der Waals surface area contributed by atoms with Crippen molar-refractivity contribution in [1.29, 1.82) is 0 Å².